The van der Waals surface area contributed by atoms with Crippen LogP contribution in [0.1, 0.15) is 10.4 Å². The van der Waals surface area contributed by atoms with Crippen LogP contribution in [-0.4, -0.2) is 31.1 Å². The number of carbonyl (C=O) groups is 1. The van der Waals surface area contributed by atoms with Crippen molar-refractivity contribution in [3.05, 3.63) is 72.0 Å². The first-order chi connectivity index (χ1) is 12.8. The van der Waals surface area contributed by atoms with E-state index in [0.29, 0.717) is 22.2 Å². The summed E-state index contributed by atoms with van der Waals surface area (Å²) in [4.78, 5) is 16.4. The fourth-order valence-corrected chi connectivity index (χ4v) is 2.72. The number of nitrogens with zero attached hydrogens (tertiary/aromatic N) is 5. The summed E-state index contributed by atoms with van der Waals surface area (Å²) >= 11 is 1.40. The number of anilines is 1. The molecule has 0 saturated heterocycles. The van der Waals surface area contributed by atoms with E-state index in [1.807, 2.05) is 17.5 Å². The fraction of sp³-hybridized carbons (Fsp3) is 0. The molecule has 9 heteroatoms. The van der Waals surface area contributed by atoms with Crippen LogP contribution in [-0.2, 0) is 0 Å². The molecule has 0 aliphatic rings. The molecule has 26 heavy (non-hydrogen) atoms. The van der Waals surface area contributed by atoms with Crippen LogP contribution in [0.3, 0.4) is 0 Å². The lowest BCUT2D eigenvalue weighted by Crippen LogP contribution is -2.11. The lowest BCUT2D eigenvalue weighted by atomic mass is 10.2. The third-order valence-electron chi connectivity index (χ3n) is 3.47. The molecule has 8 nitrogen and oxygen atoms in total. The first-order valence-electron chi connectivity index (χ1n) is 7.60. The Morgan fingerprint density at radius 1 is 1.08 bits per heavy atom. The highest BCUT2D eigenvalue weighted by atomic mass is 32.1. The van der Waals surface area contributed by atoms with E-state index < -0.39 is 0 Å². The molecular weight excluding hydrogens is 352 g/mol. The zero-order chi connectivity index (χ0) is 17.8. The Kier molecular flexibility index (Phi) is 4.35. The van der Waals surface area contributed by atoms with Crippen molar-refractivity contribution < 1.29 is 9.53 Å². The predicted molar refractivity (Wildman–Crippen MR) is 95.7 cm³/mol. The standard InChI is InChI=1S/C17H12N6O2S/c24-16(12-1-7-15(8-2-12)25-17-18-9-10-26-17)20-13-3-5-14(6-4-13)23-11-19-21-22-23/h1-11H,(H,20,24). The van der Waals surface area contributed by atoms with Crippen LogP contribution in [0.5, 0.6) is 10.9 Å². The maximum Gasteiger partial charge on any atom is 0.278 e. The van der Waals surface area contributed by atoms with Crippen molar-refractivity contribution in [2.45, 2.75) is 0 Å². The smallest absolute Gasteiger partial charge is 0.278 e. The second kappa shape index (κ2) is 7.11. The maximum absolute atomic E-state index is 12.4. The average molecular weight is 364 g/mol. The molecule has 0 saturated carbocycles. The van der Waals surface area contributed by atoms with Gasteiger partial charge in [-0.3, -0.25) is 4.79 Å². The second-order valence-corrected chi connectivity index (χ2v) is 6.04. The van der Waals surface area contributed by atoms with Gasteiger partial charge in [-0.25, -0.2) is 9.67 Å². The van der Waals surface area contributed by atoms with Gasteiger partial charge in [-0.05, 0) is 59.0 Å². The summed E-state index contributed by atoms with van der Waals surface area (Å²) < 4.78 is 7.11. The van der Waals surface area contributed by atoms with Crippen LogP contribution >= 0.6 is 11.3 Å². The van der Waals surface area contributed by atoms with Gasteiger partial charge in [-0.15, -0.1) is 5.10 Å². The maximum atomic E-state index is 12.4. The Labute approximate surface area is 152 Å². The van der Waals surface area contributed by atoms with Crippen molar-refractivity contribution >= 4 is 22.9 Å². The minimum Gasteiger partial charge on any atom is -0.431 e. The third kappa shape index (κ3) is 3.57. The SMILES string of the molecule is O=C(Nc1ccc(-n2cnnn2)cc1)c1ccc(Oc2nccs2)cc1. The van der Waals surface area contributed by atoms with Crippen LogP contribution < -0.4 is 10.1 Å². The zero-order valence-corrected chi connectivity index (χ0v) is 14.1. The Hall–Kier alpha value is -3.59. The van der Waals surface area contributed by atoms with E-state index in [1.165, 1.54) is 22.3 Å². The number of aromatic nitrogens is 5. The van der Waals surface area contributed by atoms with Gasteiger partial charge in [-0.1, -0.05) is 11.3 Å². The summed E-state index contributed by atoms with van der Waals surface area (Å²) in [5, 5.41) is 16.2. The number of ether oxygens (including phenoxy) is 1. The molecule has 0 bridgehead atoms. The van der Waals surface area contributed by atoms with E-state index in [2.05, 4.69) is 25.8 Å². The Bertz CT molecular complexity index is 983. The number of benzene rings is 2. The van der Waals surface area contributed by atoms with E-state index in [1.54, 1.807) is 42.6 Å². The van der Waals surface area contributed by atoms with Gasteiger partial charge in [0.2, 0.25) is 0 Å². The summed E-state index contributed by atoms with van der Waals surface area (Å²) in [6.45, 7) is 0. The Morgan fingerprint density at radius 2 is 1.88 bits per heavy atom. The molecule has 0 fully saturated rings. The molecule has 0 radical (unpaired) electrons. The van der Waals surface area contributed by atoms with Crippen molar-refractivity contribution in [3.63, 3.8) is 0 Å². The number of amides is 1. The van der Waals surface area contributed by atoms with E-state index in [-0.39, 0.29) is 5.91 Å². The number of hydrogen-bond donors (Lipinski definition) is 1. The molecule has 4 aromatic rings. The molecule has 0 atom stereocenters. The van der Waals surface area contributed by atoms with Gasteiger partial charge in [0.05, 0.1) is 5.69 Å². The van der Waals surface area contributed by atoms with Gasteiger partial charge in [0, 0.05) is 22.8 Å². The van der Waals surface area contributed by atoms with Crippen LogP contribution in [0.25, 0.3) is 5.69 Å². The van der Waals surface area contributed by atoms with E-state index >= 15 is 0 Å². The highest BCUT2D eigenvalue weighted by Crippen LogP contribution is 2.23. The number of carbonyl (C=O) groups excluding carboxylic acids is 1. The molecule has 128 valence electrons. The summed E-state index contributed by atoms with van der Waals surface area (Å²) in [6.07, 6.45) is 3.18. The van der Waals surface area contributed by atoms with Crippen LogP contribution in [0.4, 0.5) is 5.69 Å². The Balaban J connectivity index is 1.41. The van der Waals surface area contributed by atoms with Gasteiger partial charge < -0.3 is 10.1 Å². The molecule has 1 N–H and O–H groups in total. The molecule has 4 rings (SSSR count). The molecule has 2 heterocycles. The lowest BCUT2D eigenvalue weighted by molar-refractivity contribution is 0.102. The van der Waals surface area contributed by atoms with Crippen LogP contribution in [0.2, 0.25) is 0 Å². The fourth-order valence-electron chi connectivity index (χ4n) is 2.22. The molecule has 1 amide bonds. The first-order valence-corrected chi connectivity index (χ1v) is 8.48. The minimum atomic E-state index is -0.207. The monoisotopic (exact) mass is 364 g/mol. The molecule has 0 unspecified atom stereocenters. The van der Waals surface area contributed by atoms with Crippen molar-refractivity contribution in [2.24, 2.45) is 0 Å². The largest absolute Gasteiger partial charge is 0.431 e. The lowest BCUT2D eigenvalue weighted by Gasteiger charge is -2.07. The topological polar surface area (TPSA) is 94.8 Å². The van der Waals surface area contributed by atoms with Crippen molar-refractivity contribution in [1.29, 1.82) is 0 Å². The van der Waals surface area contributed by atoms with Crippen molar-refractivity contribution in [1.82, 2.24) is 25.2 Å². The number of thiazole rings is 1. The molecule has 0 spiro atoms. The number of rotatable bonds is 5. The summed E-state index contributed by atoms with van der Waals surface area (Å²) in [5.74, 6) is 0.420. The highest BCUT2D eigenvalue weighted by Gasteiger charge is 2.08. The summed E-state index contributed by atoms with van der Waals surface area (Å²) in [7, 11) is 0. The minimum absolute atomic E-state index is 0.207. The quantitative estimate of drug-likeness (QED) is 0.584. The molecular formula is C17H12N6O2S. The van der Waals surface area contributed by atoms with Crippen LogP contribution in [0.15, 0.2) is 66.4 Å². The summed E-state index contributed by atoms with van der Waals surface area (Å²) in [6, 6.07) is 14.1. The molecule has 2 aromatic heterocycles. The second-order valence-electron chi connectivity index (χ2n) is 5.18. The highest BCUT2D eigenvalue weighted by molar-refractivity contribution is 7.11. The average Bonchev–Trinajstić information content (AvgIpc) is 3.37. The van der Waals surface area contributed by atoms with Crippen LogP contribution in [0, 0.1) is 0 Å². The number of nitrogens with one attached hydrogen (secondary N) is 1. The molecule has 0 aliphatic carbocycles. The van der Waals surface area contributed by atoms with Gasteiger partial charge in [-0.2, -0.15) is 0 Å². The predicted octanol–water partition coefficient (Wildman–Crippen LogP) is 3.16. The van der Waals surface area contributed by atoms with Crippen molar-refractivity contribution in [2.75, 3.05) is 5.32 Å². The van der Waals surface area contributed by atoms with E-state index in [0.717, 1.165) is 5.69 Å². The van der Waals surface area contributed by atoms with Gasteiger partial charge in [0.1, 0.15) is 12.1 Å². The Morgan fingerprint density at radius 3 is 2.54 bits per heavy atom. The zero-order valence-electron chi connectivity index (χ0n) is 13.3. The molecule has 0 aliphatic heterocycles. The van der Waals surface area contributed by atoms with E-state index in [4.69, 9.17) is 4.74 Å². The first kappa shape index (κ1) is 15.9. The van der Waals surface area contributed by atoms with Gasteiger partial charge >= 0.3 is 0 Å². The van der Waals surface area contributed by atoms with Gasteiger partial charge in [0.25, 0.3) is 11.1 Å². The molecule has 2 aromatic carbocycles. The van der Waals surface area contributed by atoms with Crippen molar-refractivity contribution in [3.8, 4) is 16.6 Å². The van der Waals surface area contributed by atoms with Gasteiger partial charge in [0.15, 0.2) is 0 Å². The van der Waals surface area contributed by atoms with E-state index in [9.17, 15) is 4.79 Å². The number of tetrazole rings is 1. The number of hydrogen-bond acceptors (Lipinski definition) is 7. The third-order valence-corrected chi connectivity index (χ3v) is 4.12. The summed E-state index contributed by atoms with van der Waals surface area (Å²) in [5.41, 5.74) is 2.01. The normalized spacial score (nSPS) is 10.5.